The lowest BCUT2D eigenvalue weighted by Crippen LogP contribution is -2.43. The highest BCUT2D eigenvalue weighted by Crippen LogP contribution is 2.27. The predicted octanol–water partition coefficient (Wildman–Crippen LogP) is 2.77. The molecule has 0 spiro atoms. The van der Waals surface area contributed by atoms with Gasteiger partial charge in [-0.2, -0.15) is 0 Å². The highest BCUT2D eigenvalue weighted by atomic mass is 16.2. The maximum absolute atomic E-state index is 12.3. The maximum Gasteiger partial charge on any atom is 0.224 e. The van der Waals surface area contributed by atoms with Gasteiger partial charge in [0.15, 0.2) is 0 Å². The molecule has 0 heterocycles. The molecular weight excluding hydrogens is 288 g/mol. The van der Waals surface area contributed by atoms with Crippen molar-refractivity contribution in [2.45, 2.75) is 51.5 Å². The number of amides is 2. The normalized spacial score (nSPS) is 20.8. The highest BCUT2D eigenvalue weighted by Gasteiger charge is 2.27. The molecule has 1 aliphatic rings. The Labute approximate surface area is 139 Å². The van der Waals surface area contributed by atoms with Gasteiger partial charge >= 0.3 is 0 Å². The molecule has 126 valence electrons. The molecule has 23 heavy (non-hydrogen) atoms. The second-order valence-electron chi connectivity index (χ2n) is 6.60. The van der Waals surface area contributed by atoms with E-state index in [0.29, 0.717) is 31.3 Å². The van der Waals surface area contributed by atoms with Crippen LogP contribution in [0.15, 0.2) is 30.3 Å². The molecule has 0 aliphatic heterocycles. The van der Waals surface area contributed by atoms with Crippen LogP contribution in [-0.2, 0) is 16.0 Å². The summed E-state index contributed by atoms with van der Waals surface area (Å²) in [5, 5.41) is 2.84. The maximum atomic E-state index is 12.3. The largest absolute Gasteiger partial charge is 0.355 e. The minimum absolute atomic E-state index is 0.0299. The number of carbonyl (C=O) groups excluding carboxylic acids is 2. The van der Waals surface area contributed by atoms with Crippen LogP contribution in [0.3, 0.4) is 0 Å². The van der Waals surface area contributed by atoms with Crippen LogP contribution in [0.5, 0.6) is 0 Å². The van der Waals surface area contributed by atoms with Gasteiger partial charge in [-0.1, -0.05) is 50.1 Å². The van der Waals surface area contributed by atoms with Gasteiger partial charge in [0.1, 0.15) is 0 Å². The number of hydrogen-bond donors (Lipinski definition) is 1. The first kappa shape index (κ1) is 17.5. The SMILES string of the molecule is CC1CCCCC1N(C)C(=O)CCNC(=O)Cc1ccccc1. The van der Waals surface area contributed by atoms with E-state index in [1.807, 2.05) is 42.3 Å². The van der Waals surface area contributed by atoms with Gasteiger partial charge in [0.2, 0.25) is 11.8 Å². The fraction of sp³-hybridized carbons (Fsp3) is 0.579. The number of nitrogens with one attached hydrogen (secondary N) is 1. The third kappa shape index (κ3) is 5.38. The average molecular weight is 316 g/mol. The second-order valence-corrected chi connectivity index (χ2v) is 6.60. The first-order valence-corrected chi connectivity index (χ1v) is 8.64. The van der Waals surface area contributed by atoms with Crippen LogP contribution in [0.4, 0.5) is 0 Å². The van der Waals surface area contributed by atoms with Crippen LogP contribution < -0.4 is 5.32 Å². The number of nitrogens with zero attached hydrogens (tertiary/aromatic N) is 1. The van der Waals surface area contributed by atoms with E-state index < -0.39 is 0 Å². The van der Waals surface area contributed by atoms with Crippen molar-refractivity contribution >= 4 is 11.8 Å². The topological polar surface area (TPSA) is 49.4 Å². The first-order valence-electron chi connectivity index (χ1n) is 8.64. The van der Waals surface area contributed by atoms with Crippen molar-refractivity contribution in [1.29, 1.82) is 0 Å². The molecule has 1 saturated carbocycles. The molecule has 0 saturated heterocycles. The molecule has 0 radical (unpaired) electrons. The molecule has 1 aromatic rings. The van der Waals surface area contributed by atoms with Gasteiger partial charge in [-0.3, -0.25) is 9.59 Å². The molecule has 0 aromatic heterocycles. The summed E-state index contributed by atoms with van der Waals surface area (Å²) in [6.45, 7) is 2.64. The van der Waals surface area contributed by atoms with Gasteiger partial charge in [0, 0.05) is 26.1 Å². The molecule has 1 aliphatic carbocycles. The summed E-state index contributed by atoms with van der Waals surface area (Å²) in [6.07, 6.45) is 5.53. The molecule has 2 atom stereocenters. The zero-order valence-corrected chi connectivity index (χ0v) is 14.3. The number of carbonyl (C=O) groups is 2. The van der Waals surface area contributed by atoms with Crippen molar-refractivity contribution in [3.05, 3.63) is 35.9 Å². The molecule has 2 rings (SSSR count). The van der Waals surface area contributed by atoms with E-state index in [9.17, 15) is 9.59 Å². The molecule has 1 fully saturated rings. The summed E-state index contributed by atoms with van der Waals surface area (Å²) >= 11 is 0. The summed E-state index contributed by atoms with van der Waals surface area (Å²) in [5.74, 6) is 0.673. The van der Waals surface area contributed by atoms with Crippen LogP contribution in [0.25, 0.3) is 0 Å². The summed E-state index contributed by atoms with van der Waals surface area (Å²) in [4.78, 5) is 26.1. The molecule has 0 bridgehead atoms. The Morgan fingerprint density at radius 1 is 1.17 bits per heavy atom. The van der Waals surface area contributed by atoms with E-state index in [0.717, 1.165) is 12.0 Å². The molecule has 4 nitrogen and oxygen atoms in total. The Kier molecular flexibility index (Phi) is 6.63. The summed E-state index contributed by atoms with van der Waals surface area (Å²) < 4.78 is 0. The van der Waals surface area contributed by atoms with E-state index in [-0.39, 0.29) is 11.8 Å². The fourth-order valence-electron chi connectivity index (χ4n) is 3.39. The Hall–Kier alpha value is -1.84. The van der Waals surface area contributed by atoms with Gasteiger partial charge in [-0.25, -0.2) is 0 Å². The molecular formula is C19H28N2O2. The van der Waals surface area contributed by atoms with Gasteiger partial charge in [-0.05, 0) is 24.3 Å². The quantitative estimate of drug-likeness (QED) is 0.877. The van der Waals surface area contributed by atoms with Crippen LogP contribution in [0.2, 0.25) is 0 Å². The van der Waals surface area contributed by atoms with Gasteiger partial charge in [-0.15, -0.1) is 0 Å². The van der Waals surface area contributed by atoms with E-state index in [4.69, 9.17) is 0 Å². The Balaban J connectivity index is 1.70. The van der Waals surface area contributed by atoms with Crippen LogP contribution in [0.1, 0.15) is 44.6 Å². The van der Waals surface area contributed by atoms with Crippen LogP contribution in [0, 0.1) is 5.92 Å². The molecule has 1 aromatic carbocycles. The molecule has 4 heteroatoms. The van der Waals surface area contributed by atoms with E-state index >= 15 is 0 Å². The Morgan fingerprint density at radius 3 is 2.57 bits per heavy atom. The van der Waals surface area contributed by atoms with Gasteiger partial charge in [0.05, 0.1) is 6.42 Å². The van der Waals surface area contributed by atoms with Crippen molar-refractivity contribution in [2.75, 3.05) is 13.6 Å². The van der Waals surface area contributed by atoms with Crippen molar-refractivity contribution in [3.63, 3.8) is 0 Å². The fourth-order valence-corrected chi connectivity index (χ4v) is 3.39. The lowest BCUT2D eigenvalue weighted by atomic mass is 9.85. The molecule has 1 N–H and O–H groups in total. The van der Waals surface area contributed by atoms with Crippen LogP contribution >= 0.6 is 0 Å². The minimum Gasteiger partial charge on any atom is -0.355 e. The van der Waals surface area contributed by atoms with Crippen LogP contribution in [-0.4, -0.2) is 36.3 Å². The number of benzene rings is 1. The standard InChI is InChI=1S/C19H28N2O2/c1-15-8-6-7-11-17(15)21(2)19(23)12-13-20-18(22)14-16-9-4-3-5-10-16/h3-5,9-10,15,17H,6-8,11-14H2,1-2H3,(H,20,22). The van der Waals surface area contributed by atoms with Gasteiger partial charge < -0.3 is 10.2 Å². The van der Waals surface area contributed by atoms with E-state index in [1.54, 1.807) is 0 Å². The third-order valence-electron chi connectivity index (χ3n) is 4.83. The highest BCUT2D eigenvalue weighted by molar-refractivity contribution is 5.80. The molecule has 2 unspecified atom stereocenters. The first-order chi connectivity index (χ1) is 11.1. The van der Waals surface area contributed by atoms with E-state index in [1.165, 1.54) is 19.3 Å². The summed E-state index contributed by atoms with van der Waals surface area (Å²) in [5.41, 5.74) is 0.990. The van der Waals surface area contributed by atoms with Crippen molar-refractivity contribution < 1.29 is 9.59 Å². The number of rotatable bonds is 6. The average Bonchev–Trinajstić information content (AvgIpc) is 2.55. The predicted molar refractivity (Wildman–Crippen MR) is 92.0 cm³/mol. The summed E-state index contributed by atoms with van der Waals surface area (Å²) in [7, 11) is 1.90. The monoisotopic (exact) mass is 316 g/mol. The smallest absolute Gasteiger partial charge is 0.224 e. The zero-order chi connectivity index (χ0) is 16.7. The molecule has 2 amide bonds. The lowest BCUT2D eigenvalue weighted by Gasteiger charge is -2.36. The zero-order valence-electron chi connectivity index (χ0n) is 14.3. The minimum atomic E-state index is -0.0299. The van der Waals surface area contributed by atoms with Crippen molar-refractivity contribution in [2.24, 2.45) is 5.92 Å². The Morgan fingerprint density at radius 2 is 1.87 bits per heavy atom. The van der Waals surface area contributed by atoms with Crippen molar-refractivity contribution in [3.8, 4) is 0 Å². The summed E-state index contributed by atoms with van der Waals surface area (Å²) in [6, 6.07) is 10.0. The van der Waals surface area contributed by atoms with Crippen molar-refractivity contribution in [1.82, 2.24) is 10.2 Å². The Bertz CT molecular complexity index is 515. The third-order valence-corrected chi connectivity index (χ3v) is 4.83. The number of hydrogen-bond acceptors (Lipinski definition) is 2. The van der Waals surface area contributed by atoms with E-state index in [2.05, 4.69) is 12.2 Å². The van der Waals surface area contributed by atoms with Gasteiger partial charge in [0.25, 0.3) is 0 Å². The lowest BCUT2D eigenvalue weighted by molar-refractivity contribution is -0.133. The second kappa shape index (κ2) is 8.70.